The molecule has 7 heteroatoms. The Morgan fingerprint density at radius 3 is 2.57 bits per heavy atom. The minimum Gasteiger partial charge on any atom is -0.491 e. The smallest absolute Gasteiger partial charge is 0.240 e. The monoisotopic (exact) mass is 290 g/mol. The van der Waals surface area contributed by atoms with E-state index in [4.69, 9.17) is 20.1 Å². The predicted octanol–water partition coefficient (Wildman–Crippen LogP) is 1.08. The standard InChI is InChI=1S/C14H18N4O3/c1-19-12-8-16-13(14(17-12)20-2)11(18-15)9-21-10-6-4-3-5-7-10/h3-8,11,18H,9,15H2,1-2H3. The van der Waals surface area contributed by atoms with Crippen molar-refractivity contribution in [2.75, 3.05) is 20.8 Å². The molecule has 21 heavy (non-hydrogen) atoms. The first-order valence-electron chi connectivity index (χ1n) is 6.37. The third kappa shape index (κ3) is 3.80. The summed E-state index contributed by atoms with van der Waals surface area (Å²) in [6.45, 7) is 0.290. The minimum atomic E-state index is -0.362. The van der Waals surface area contributed by atoms with Gasteiger partial charge in [0.15, 0.2) is 0 Å². The molecule has 0 amide bonds. The lowest BCUT2D eigenvalue weighted by atomic mass is 10.2. The summed E-state index contributed by atoms with van der Waals surface area (Å²) in [6.07, 6.45) is 1.50. The van der Waals surface area contributed by atoms with Gasteiger partial charge in [0.05, 0.1) is 20.4 Å². The molecule has 2 aromatic rings. The van der Waals surface area contributed by atoms with Crippen molar-refractivity contribution in [2.45, 2.75) is 6.04 Å². The van der Waals surface area contributed by atoms with E-state index < -0.39 is 0 Å². The van der Waals surface area contributed by atoms with Gasteiger partial charge < -0.3 is 14.2 Å². The van der Waals surface area contributed by atoms with Crippen LogP contribution in [-0.4, -0.2) is 30.8 Å². The van der Waals surface area contributed by atoms with E-state index in [0.29, 0.717) is 17.5 Å². The van der Waals surface area contributed by atoms with Crippen LogP contribution in [0.15, 0.2) is 36.5 Å². The zero-order chi connectivity index (χ0) is 15.1. The second kappa shape index (κ2) is 7.41. The largest absolute Gasteiger partial charge is 0.491 e. The Bertz CT molecular complexity index is 565. The van der Waals surface area contributed by atoms with Crippen LogP contribution in [0.2, 0.25) is 0 Å². The number of hydrogen-bond donors (Lipinski definition) is 2. The molecule has 0 saturated carbocycles. The highest BCUT2D eigenvalue weighted by molar-refractivity contribution is 5.26. The molecule has 0 radical (unpaired) electrons. The molecule has 1 heterocycles. The molecule has 1 unspecified atom stereocenters. The van der Waals surface area contributed by atoms with E-state index in [2.05, 4.69) is 15.4 Å². The second-order valence-electron chi connectivity index (χ2n) is 4.15. The highest BCUT2D eigenvalue weighted by Crippen LogP contribution is 2.23. The molecular weight excluding hydrogens is 272 g/mol. The van der Waals surface area contributed by atoms with Crippen molar-refractivity contribution < 1.29 is 14.2 Å². The number of para-hydroxylation sites is 1. The normalized spacial score (nSPS) is 11.8. The van der Waals surface area contributed by atoms with Crippen LogP contribution < -0.4 is 25.5 Å². The van der Waals surface area contributed by atoms with Crippen LogP contribution in [0.1, 0.15) is 11.7 Å². The summed E-state index contributed by atoms with van der Waals surface area (Å²) < 4.78 is 15.9. The van der Waals surface area contributed by atoms with E-state index in [1.807, 2.05) is 30.3 Å². The van der Waals surface area contributed by atoms with Crippen LogP contribution in [0, 0.1) is 0 Å². The van der Waals surface area contributed by atoms with Crippen LogP contribution >= 0.6 is 0 Å². The van der Waals surface area contributed by atoms with Crippen molar-refractivity contribution >= 4 is 0 Å². The second-order valence-corrected chi connectivity index (χ2v) is 4.15. The maximum absolute atomic E-state index is 5.67. The van der Waals surface area contributed by atoms with Crippen LogP contribution in [0.5, 0.6) is 17.5 Å². The molecule has 112 valence electrons. The highest BCUT2D eigenvalue weighted by Gasteiger charge is 2.19. The molecule has 0 bridgehead atoms. The van der Waals surface area contributed by atoms with Crippen LogP contribution in [0.25, 0.3) is 0 Å². The molecule has 3 N–H and O–H groups in total. The Morgan fingerprint density at radius 2 is 1.95 bits per heavy atom. The summed E-state index contributed by atoms with van der Waals surface area (Å²) in [7, 11) is 3.03. The topological polar surface area (TPSA) is 91.5 Å². The zero-order valence-electron chi connectivity index (χ0n) is 11.9. The fraction of sp³-hybridized carbons (Fsp3) is 0.286. The minimum absolute atomic E-state index is 0.290. The lowest BCUT2D eigenvalue weighted by Gasteiger charge is -2.18. The van der Waals surface area contributed by atoms with Crippen LogP contribution in [-0.2, 0) is 0 Å². The average molecular weight is 290 g/mol. The summed E-state index contributed by atoms with van der Waals surface area (Å²) in [5, 5.41) is 0. The average Bonchev–Trinajstić information content (AvgIpc) is 2.56. The number of methoxy groups -OCH3 is 2. The van der Waals surface area contributed by atoms with Gasteiger partial charge in [-0.2, -0.15) is 4.98 Å². The van der Waals surface area contributed by atoms with Crippen molar-refractivity contribution in [2.24, 2.45) is 5.84 Å². The van der Waals surface area contributed by atoms with Crippen molar-refractivity contribution in [3.8, 4) is 17.5 Å². The van der Waals surface area contributed by atoms with Gasteiger partial charge in [-0.3, -0.25) is 5.84 Å². The van der Waals surface area contributed by atoms with Crippen LogP contribution in [0.3, 0.4) is 0 Å². The summed E-state index contributed by atoms with van der Waals surface area (Å²) in [5.74, 6) is 7.04. The highest BCUT2D eigenvalue weighted by atomic mass is 16.5. The van der Waals surface area contributed by atoms with Gasteiger partial charge in [0, 0.05) is 0 Å². The first-order chi connectivity index (χ1) is 10.3. The maximum atomic E-state index is 5.67. The summed E-state index contributed by atoms with van der Waals surface area (Å²) in [4.78, 5) is 8.44. The fourth-order valence-electron chi connectivity index (χ4n) is 1.76. The van der Waals surface area contributed by atoms with E-state index >= 15 is 0 Å². The lowest BCUT2D eigenvalue weighted by Crippen LogP contribution is -2.33. The number of rotatable bonds is 7. The Kier molecular flexibility index (Phi) is 5.30. The maximum Gasteiger partial charge on any atom is 0.240 e. The quantitative estimate of drug-likeness (QED) is 0.582. The van der Waals surface area contributed by atoms with Gasteiger partial charge in [0.1, 0.15) is 24.1 Å². The van der Waals surface area contributed by atoms with E-state index in [1.54, 1.807) is 0 Å². The van der Waals surface area contributed by atoms with E-state index in [9.17, 15) is 0 Å². The van der Waals surface area contributed by atoms with Crippen molar-refractivity contribution in [1.82, 2.24) is 15.4 Å². The molecule has 1 aromatic carbocycles. The molecule has 7 nitrogen and oxygen atoms in total. The number of nitrogens with one attached hydrogen (secondary N) is 1. The van der Waals surface area contributed by atoms with Crippen LogP contribution in [0.4, 0.5) is 0 Å². The Labute approximate surface area is 123 Å². The summed E-state index contributed by atoms with van der Waals surface area (Å²) in [6, 6.07) is 9.08. The Balaban J connectivity index is 2.13. The van der Waals surface area contributed by atoms with Crippen molar-refractivity contribution in [1.29, 1.82) is 0 Å². The fourth-order valence-corrected chi connectivity index (χ4v) is 1.76. The van der Waals surface area contributed by atoms with Gasteiger partial charge >= 0.3 is 0 Å². The molecule has 1 atom stereocenters. The van der Waals surface area contributed by atoms with Crippen molar-refractivity contribution in [3.05, 3.63) is 42.2 Å². The van der Waals surface area contributed by atoms with E-state index in [0.717, 1.165) is 5.75 Å². The third-order valence-corrected chi connectivity index (χ3v) is 2.84. The van der Waals surface area contributed by atoms with Gasteiger partial charge in [0.25, 0.3) is 0 Å². The molecular formula is C14H18N4O3. The molecule has 0 aliphatic carbocycles. The van der Waals surface area contributed by atoms with Gasteiger partial charge in [0.2, 0.25) is 11.8 Å². The molecule has 0 spiro atoms. The number of ether oxygens (including phenoxy) is 3. The number of nitrogens with zero attached hydrogens (tertiary/aromatic N) is 2. The third-order valence-electron chi connectivity index (χ3n) is 2.84. The molecule has 0 aliphatic heterocycles. The van der Waals surface area contributed by atoms with Gasteiger partial charge in [-0.15, -0.1) is 0 Å². The number of nitrogens with two attached hydrogens (primary N) is 1. The van der Waals surface area contributed by atoms with E-state index in [1.165, 1.54) is 20.4 Å². The molecule has 2 rings (SSSR count). The first-order valence-corrected chi connectivity index (χ1v) is 6.37. The first kappa shape index (κ1) is 15.0. The van der Waals surface area contributed by atoms with Crippen molar-refractivity contribution in [3.63, 3.8) is 0 Å². The number of aromatic nitrogens is 2. The number of benzene rings is 1. The summed E-state index contributed by atoms with van der Waals surface area (Å²) >= 11 is 0. The molecule has 0 aliphatic rings. The Hall–Kier alpha value is -2.38. The predicted molar refractivity (Wildman–Crippen MR) is 77.1 cm³/mol. The molecule has 1 aromatic heterocycles. The number of hydrazine groups is 1. The number of hydrogen-bond acceptors (Lipinski definition) is 7. The lowest BCUT2D eigenvalue weighted by molar-refractivity contribution is 0.257. The van der Waals surface area contributed by atoms with Gasteiger partial charge in [-0.1, -0.05) is 18.2 Å². The SMILES string of the molecule is COc1cnc(C(COc2ccccc2)NN)c(OC)n1. The van der Waals surface area contributed by atoms with Gasteiger partial charge in [-0.25, -0.2) is 10.4 Å². The van der Waals surface area contributed by atoms with Gasteiger partial charge in [-0.05, 0) is 12.1 Å². The Morgan fingerprint density at radius 1 is 1.19 bits per heavy atom. The molecule has 0 saturated heterocycles. The van der Waals surface area contributed by atoms with E-state index in [-0.39, 0.29) is 12.6 Å². The summed E-state index contributed by atoms with van der Waals surface area (Å²) in [5.41, 5.74) is 3.21. The molecule has 0 fully saturated rings. The zero-order valence-corrected chi connectivity index (χ0v) is 11.9.